The summed E-state index contributed by atoms with van der Waals surface area (Å²) in [6.45, 7) is 9.49. The molecule has 0 bridgehead atoms. The third-order valence-corrected chi connectivity index (χ3v) is 7.66. The van der Waals surface area contributed by atoms with Crippen molar-refractivity contribution in [1.82, 2.24) is 9.29 Å². The third-order valence-electron chi connectivity index (χ3n) is 6.54. The zero-order valence-electron chi connectivity index (χ0n) is 24.9. The van der Waals surface area contributed by atoms with Crippen LogP contribution in [0.4, 0.5) is 0 Å². The van der Waals surface area contributed by atoms with Gasteiger partial charge in [0.25, 0.3) is 5.91 Å². The first-order valence-electron chi connectivity index (χ1n) is 13.9. The minimum Gasteiger partial charge on any atom is -0.466 e. The Morgan fingerprint density at radius 2 is 1.63 bits per heavy atom. The number of carbonyl (C=O) groups excluding carboxylic acids is 1. The molecular formula is C29H42N2O9S. The molecule has 0 saturated heterocycles. The number of esters is 1. The van der Waals surface area contributed by atoms with E-state index in [1.165, 1.54) is 0 Å². The van der Waals surface area contributed by atoms with Crippen LogP contribution in [-0.2, 0) is 49.8 Å². The normalized spacial score (nSPS) is 19.0. The molecule has 12 heteroatoms. The van der Waals surface area contributed by atoms with Crippen LogP contribution >= 0.6 is 0 Å². The van der Waals surface area contributed by atoms with Crippen LogP contribution in [0.3, 0.4) is 0 Å². The molecular weight excluding hydrogens is 552 g/mol. The van der Waals surface area contributed by atoms with Crippen molar-refractivity contribution < 1.29 is 41.6 Å². The second-order valence-corrected chi connectivity index (χ2v) is 11.1. The number of hydrogen-bond donors (Lipinski definition) is 0. The van der Waals surface area contributed by atoms with E-state index >= 15 is 0 Å². The van der Waals surface area contributed by atoms with Gasteiger partial charge in [-0.2, -0.15) is 0 Å². The topological polar surface area (TPSA) is 123 Å². The number of fused-ring (bicyclic) bond motifs is 1. The number of pyridine rings is 1. The molecule has 0 spiro atoms. The van der Waals surface area contributed by atoms with Crippen LogP contribution in [0.5, 0.6) is 0 Å². The second-order valence-electron chi connectivity index (χ2n) is 9.28. The van der Waals surface area contributed by atoms with Gasteiger partial charge in [-0.25, -0.2) is 17.7 Å². The maximum absolute atomic E-state index is 13.8. The van der Waals surface area contributed by atoms with E-state index in [0.29, 0.717) is 16.8 Å². The Kier molecular flexibility index (Phi) is 11.7. The monoisotopic (exact) mass is 594 g/mol. The van der Waals surface area contributed by atoms with E-state index < -0.39 is 40.0 Å². The van der Waals surface area contributed by atoms with Gasteiger partial charge in [-0.3, -0.25) is 4.79 Å². The van der Waals surface area contributed by atoms with Crippen molar-refractivity contribution in [3.63, 3.8) is 0 Å². The van der Waals surface area contributed by atoms with Gasteiger partial charge in [0.05, 0.1) is 42.3 Å². The van der Waals surface area contributed by atoms with Crippen LogP contribution in [0.15, 0.2) is 36.4 Å². The first kappa shape index (κ1) is 32.9. The average Bonchev–Trinajstić information content (AvgIpc) is 2.92. The van der Waals surface area contributed by atoms with E-state index in [1.807, 2.05) is 30.3 Å². The molecule has 41 heavy (non-hydrogen) atoms. The predicted octanol–water partition coefficient (Wildman–Crippen LogP) is 3.92. The summed E-state index contributed by atoms with van der Waals surface area (Å²) in [5, 5.41) is 0.846. The molecule has 1 aliphatic rings. The molecule has 1 aliphatic heterocycles. The summed E-state index contributed by atoms with van der Waals surface area (Å²) in [7, 11) is -2.61. The smallest absolute Gasteiger partial charge is 0.313 e. The molecule has 0 amide bonds. The summed E-state index contributed by atoms with van der Waals surface area (Å²) in [4.78, 5) is 18.5. The molecule has 2 aromatic rings. The molecule has 0 N–H and O–H groups in total. The standard InChI is InChI=1S/C29H42N2O9S/c1-8-36-27(32)22-18-24(26-21(19-35-6)17-20-15-13-14-16-23(20)30-26)31(41(7,33)34)29(39-11-4,40-12-5)25(22)28(37-9-2)38-10-3/h13-18,22,25,28H,8-12,19H2,1-7H3. The van der Waals surface area contributed by atoms with Crippen LogP contribution in [0.2, 0.25) is 0 Å². The molecule has 1 aromatic heterocycles. The van der Waals surface area contributed by atoms with Gasteiger partial charge in [-0.05, 0) is 52.8 Å². The Balaban J connectivity index is 2.51. The Morgan fingerprint density at radius 1 is 1.00 bits per heavy atom. The van der Waals surface area contributed by atoms with Crippen molar-refractivity contribution in [3.8, 4) is 0 Å². The minimum atomic E-state index is -4.15. The summed E-state index contributed by atoms with van der Waals surface area (Å²) in [5.41, 5.74) is 1.65. The number of aromatic nitrogens is 1. The number of carbonyl (C=O) groups is 1. The van der Waals surface area contributed by atoms with Crippen LogP contribution in [0, 0.1) is 11.8 Å². The quantitative estimate of drug-likeness (QED) is 0.221. The average molecular weight is 595 g/mol. The molecule has 228 valence electrons. The Morgan fingerprint density at radius 3 is 2.17 bits per heavy atom. The van der Waals surface area contributed by atoms with Crippen molar-refractivity contribution >= 4 is 32.6 Å². The fraction of sp³-hybridized carbons (Fsp3) is 0.586. The summed E-state index contributed by atoms with van der Waals surface area (Å²) in [5.74, 6) is -4.85. The Bertz CT molecular complexity index is 1300. The molecule has 0 aliphatic carbocycles. The highest BCUT2D eigenvalue weighted by Crippen LogP contribution is 2.49. The van der Waals surface area contributed by atoms with Gasteiger partial charge in [-0.1, -0.05) is 18.2 Å². The maximum Gasteiger partial charge on any atom is 0.313 e. The lowest BCUT2D eigenvalue weighted by Crippen LogP contribution is -2.66. The van der Waals surface area contributed by atoms with Gasteiger partial charge in [0.15, 0.2) is 6.29 Å². The van der Waals surface area contributed by atoms with E-state index in [2.05, 4.69) is 0 Å². The summed E-state index contributed by atoms with van der Waals surface area (Å²) < 4.78 is 64.2. The summed E-state index contributed by atoms with van der Waals surface area (Å²) in [6.07, 6.45) is 1.52. The fourth-order valence-electron chi connectivity index (χ4n) is 5.25. The highest BCUT2D eigenvalue weighted by atomic mass is 32.2. The molecule has 0 fully saturated rings. The predicted molar refractivity (Wildman–Crippen MR) is 154 cm³/mol. The number of hydrogen-bond acceptors (Lipinski definition) is 10. The third kappa shape index (κ3) is 6.90. The molecule has 0 radical (unpaired) electrons. The Labute approximate surface area is 242 Å². The number of sulfonamides is 1. The van der Waals surface area contributed by atoms with Gasteiger partial charge >= 0.3 is 5.97 Å². The highest BCUT2D eigenvalue weighted by Gasteiger charge is 2.62. The number of ether oxygens (including phenoxy) is 6. The van der Waals surface area contributed by atoms with E-state index in [0.717, 1.165) is 15.9 Å². The second kappa shape index (κ2) is 14.5. The highest BCUT2D eigenvalue weighted by molar-refractivity contribution is 7.88. The number of para-hydroxylation sites is 1. The number of benzene rings is 1. The van der Waals surface area contributed by atoms with Crippen LogP contribution < -0.4 is 0 Å². The maximum atomic E-state index is 13.8. The summed E-state index contributed by atoms with van der Waals surface area (Å²) >= 11 is 0. The van der Waals surface area contributed by atoms with Crippen molar-refractivity contribution in [2.75, 3.05) is 46.4 Å². The fourth-order valence-corrected chi connectivity index (χ4v) is 6.44. The first-order chi connectivity index (χ1) is 19.6. The van der Waals surface area contributed by atoms with Gasteiger partial charge in [0.2, 0.25) is 10.0 Å². The largest absolute Gasteiger partial charge is 0.466 e. The molecule has 3 rings (SSSR count). The molecule has 11 nitrogen and oxygen atoms in total. The van der Waals surface area contributed by atoms with Crippen molar-refractivity contribution in [2.45, 2.75) is 53.4 Å². The number of methoxy groups -OCH3 is 1. The van der Waals surface area contributed by atoms with Crippen molar-refractivity contribution in [2.24, 2.45) is 11.8 Å². The van der Waals surface area contributed by atoms with Crippen LogP contribution in [-0.4, -0.2) is 82.3 Å². The van der Waals surface area contributed by atoms with E-state index in [1.54, 1.807) is 47.8 Å². The zero-order valence-corrected chi connectivity index (χ0v) is 25.7. The van der Waals surface area contributed by atoms with E-state index in [4.69, 9.17) is 33.4 Å². The lowest BCUT2D eigenvalue weighted by molar-refractivity contribution is -0.353. The van der Waals surface area contributed by atoms with E-state index in [9.17, 15) is 13.2 Å². The van der Waals surface area contributed by atoms with Crippen LogP contribution in [0.25, 0.3) is 16.6 Å². The lowest BCUT2D eigenvalue weighted by Gasteiger charge is -2.52. The number of rotatable bonds is 15. The van der Waals surface area contributed by atoms with Crippen molar-refractivity contribution in [3.05, 3.63) is 47.7 Å². The summed E-state index contributed by atoms with van der Waals surface area (Å²) in [6, 6.07) is 9.36. The Hall–Kier alpha value is -2.61. The molecule has 2 heterocycles. The lowest BCUT2D eigenvalue weighted by atomic mass is 9.82. The molecule has 0 saturated carbocycles. The minimum absolute atomic E-state index is 0.0480. The number of nitrogens with zero attached hydrogens (tertiary/aromatic N) is 2. The SMILES string of the molecule is CCOC(=O)C1C=C(c2nc3ccccc3cc2COC)N(S(C)(=O)=O)C(OCC)(OCC)C1C(OCC)OCC. The zero-order chi connectivity index (χ0) is 30.2. The van der Waals surface area contributed by atoms with Gasteiger partial charge in [-0.15, -0.1) is 0 Å². The molecule has 2 atom stereocenters. The van der Waals surface area contributed by atoms with Gasteiger partial charge in [0, 0.05) is 44.5 Å². The first-order valence-corrected chi connectivity index (χ1v) is 15.8. The van der Waals surface area contributed by atoms with E-state index in [-0.39, 0.29) is 45.3 Å². The van der Waals surface area contributed by atoms with Crippen molar-refractivity contribution in [1.29, 1.82) is 0 Å². The van der Waals surface area contributed by atoms with Gasteiger partial charge in [0.1, 0.15) is 5.92 Å². The van der Waals surface area contributed by atoms with Gasteiger partial charge < -0.3 is 28.4 Å². The van der Waals surface area contributed by atoms with Crippen LogP contribution in [0.1, 0.15) is 45.9 Å². The molecule has 2 unspecified atom stereocenters. The molecule has 1 aromatic carbocycles.